The number of carbonyl (C=O) groups is 1. The molecule has 0 aromatic heterocycles. The van der Waals surface area contributed by atoms with E-state index < -0.39 is 5.97 Å². The monoisotopic (exact) mass is 220 g/mol. The Hall–Kier alpha value is -1.54. The van der Waals surface area contributed by atoms with Gasteiger partial charge in [-0.1, -0.05) is 48.0 Å². The molecule has 1 aromatic rings. The summed E-state index contributed by atoms with van der Waals surface area (Å²) in [6.07, 6.45) is 5.46. The van der Waals surface area contributed by atoms with Crippen molar-refractivity contribution in [1.29, 1.82) is 0 Å². The second-order valence-electron chi connectivity index (χ2n) is 3.33. The zero-order chi connectivity index (χ0) is 10.8. The fraction of sp³-hybridized carbons (Fsp3) is 0.0833. The van der Waals surface area contributed by atoms with E-state index in [-0.39, 0.29) is 11.0 Å². The van der Waals surface area contributed by atoms with Crippen molar-refractivity contribution >= 4 is 23.6 Å². The number of benzene rings is 1. The molecule has 0 heterocycles. The van der Waals surface area contributed by atoms with Gasteiger partial charge in [0, 0.05) is 5.92 Å². The van der Waals surface area contributed by atoms with Gasteiger partial charge in [-0.05, 0) is 17.2 Å². The van der Waals surface area contributed by atoms with Gasteiger partial charge in [0.1, 0.15) is 5.03 Å². The van der Waals surface area contributed by atoms with Crippen LogP contribution >= 0.6 is 11.6 Å². The summed E-state index contributed by atoms with van der Waals surface area (Å²) in [5.41, 5.74) is 2.21. The second kappa shape index (κ2) is 3.91. The van der Waals surface area contributed by atoms with E-state index in [0.29, 0.717) is 0 Å². The van der Waals surface area contributed by atoms with Crippen LogP contribution < -0.4 is 0 Å². The average Bonchev–Trinajstić information content (AvgIpc) is 2.62. The molecule has 1 aromatic carbocycles. The largest absolute Gasteiger partial charge is 0.477 e. The van der Waals surface area contributed by atoms with Crippen LogP contribution in [0.4, 0.5) is 0 Å². The van der Waals surface area contributed by atoms with Crippen molar-refractivity contribution in [2.24, 2.45) is 0 Å². The Morgan fingerprint density at radius 3 is 2.87 bits per heavy atom. The fourth-order valence-electron chi connectivity index (χ4n) is 1.65. The summed E-state index contributed by atoms with van der Waals surface area (Å²) in [5.74, 6) is -1.11. The van der Waals surface area contributed by atoms with Crippen LogP contribution in [0.25, 0.3) is 6.08 Å². The van der Waals surface area contributed by atoms with Crippen LogP contribution in [0.15, 0.2) is 41.4 Å². The number of halogens is 1. The van der Waals surface area contributed by atoms with Crippen LogP contribution in [-0.2, 0) is 4.79 Å². The molecule has 1 aliphatic rings. The minimum absolute atomic E-state index is 0.0233. The van der Waals surface area contributed by atoms with Crippen molar-refractivity contribution < 1.29 is 9.90 Å². The number of allylic oxidation sites excluding steroid dienone is 2. The zero-order valence-electron chi connectivity index (χ0n) is 7.85. The molecule has 76 valence electrons. The van der Waals surface area contributed by atoms with Gasteiger partial charge in [0.15, 0.2) is 0 Å². The molecule has 1 unspecified atom stereocenters. The molecule has 2 rings (SSSR count). The first-order chi connectivity index (χ1) is 7.18. The fourth-order valence-corrected chi connectivity index (χ4v) is 1.79. The lowest BCUT2D eigenvalue weighted by Crippen LogP contribution is -1.97. The van der Waals surface area contributed by atoms with E-state index >= 15 is 0 Å². The Labute approximate surface area is 92.5 Å². The average molecular weight is 221 g/mol. The molecule has 0 bridgehead atoms. The van der Waals surface area contributed by atoms with Gasteiger partial charge in [-0.25, -0.2) is 4.79 Å². The van der Waals surface area contributed by atoms with Crippen LogP contribution in [0.3, 0.4) is 0 Å². The Morgan fingerprint density at radius 1 is 1.40 bits per heavy atom. The second-order valence-corrected chi connectivity index (χ2v) is 3.74. The van der Waals surface area contributed by atoms with Crippen molar-refractivity contribution in [2.75, 3.05) is 0 Å². The number of fused-ring (bicyclic) bond motifs is 1. The van der Waals surface area contributed by atoms with Crippen LogP contribution in [0.1, 0.15) is 17.0 Å². The molecular formula is C12H9ClO2. The molecule has 0 radical (unpaired) electrons. The third kappa shape index (κ3) is 1.95. The number of carboxylic acid groups (broad SMARTS) is 1. The van der Waals surface area contributed by atoms with Gasteiger partial charge in [-0.3, -0.25) is 0 Å². The quantitative estimate of drug-likeness (QED) is 0.778. The van der Waals surface area contributed by atoms with Gasteiger partial charge in [-0.15, -0.1) is 0 Å². The molecular weight excluding hydrogens is 212 g/mol. The van der Waals surface area contributed by atoms with Crippen molar-refractivity contribution in [3.05, 3.63) is 52.6 Å². The third-order valence-corrected chi connectivity index (χ3v) is 2.66. The van der Waals surface area contributed by atoms with Crippen molar-refractivity contribution in [1.82, 2.24) is 0 Å². The maximum Gasteiger partial charge on any atom is 0.347 e. The predicted molar refractivity (Wildman–Crippen MR) is 59.8 cm³/mol. The summed E-state index contributed by atoms with van der Waals surface area (Å²) >= 11 is 5.59. The first-order valence-corrected chi connectivity index (χ1v) is 4.94. The molecule has 0 fully saturated rings. The SMILES string of the molecule is O=C(O)C(Cl)=CC1C=Cc2ccccc21. The maximum absolute atomic E-state index is 10.6. The zero-order valence-corrected chi connectivity index (χ0v) is 8.61. The van der Waals surface area contributed by atoms with Crippen LogP contribution in [-0.4, -0.2) is 11.1 Å². The summed E-state index contributed by atoms with van der Waals surface area (Å²) in [5, 5.41) is 8.53. The molecule has 1 atom stereocenters. The molecule has 0 saturated carbocycles. The molecule has 0 saturated heterocycles. The van der Waals surface area contributed by atoms with E-state index in [4.69, 9.17) is 16.7 Å². The van der Waals surface area contributed by atoms with Crippen molar-refractivity contribution in [3.8, 4) is 0 Å². The van der Waals surface area contributed by atoms with Gasteiger partial charge in [0.25, 0.3) is 0 Å². The first-order valence-electron chi connectivity index (χ1n) is 4.56. The summed E-state index contributed by atoms with van der Waals surface area (Å²) in [7, 11) is 0. The molecule has 3 heteroatoms. The van der Waals surface area contributed by atoms with Gasteiger partial charge in [-0.2, -0.15) is 0 Å². The number of carboxylic acids is 1. The Balaban J connectivity index is 2.33. The lowest BCUT2D eigenvalue weighted by molar-refractivity contribution is -0.131. The summed E-state index contributed by atoms with van der Waals surface area (Å²) in [6, 6.07) is 7.85. The third-order valence-electron chi connectivity index (χ3n) is 2.37. The van der Waals surface area contributed by atoms with E-state index in [1.165, 1.54) is 0 Å². The van der Waals surface area contributed by atoms with E-state index in [0.717, 1.165) is 11.1 Å². The summed E-state index contributed by atoms with van der Waals surface area (Å²) < 4.78 is 0. The van der Waals surface area contributed by atoms with Crippen LogP contribution in [0.2, 0.25) is 0 Å². The molecule has 0 aliphatic heterocycles. The topological polar surface area (TPSA) is 37.3 Å². The lowest BCUT2D eigenvalue weighted by Gasteiger charge is -2.05. The van der Waals surface area contributed by atoms with Gasteiger partial charge < -0.3 is 5.11 Å². The Morgan fingerprint density at radius 2 is 2.13 bits per heavy atom. The highest BCUT2D eigenvalue weighted by Gasteiger charge is 2.16. The molecule has 1 aliphatic carbocycles. The molecule has 15 heavy (non-hydrogen) atoms. The number of hydrogen-bond acceptors (Lipinski definition) is 1. The minimum atomic E-state index is -1.09. The highest BCUT2D eigenvalue weighted by Crippen LogP contribution is 2.31. The first kappa shape index (κ1) is 9.99. The van der Waals surface area contributed by atoms with Crippen LogP contribution in [0, 0.1) is 0 Å². The maximum atomic E-state index is 10.6. The van der Waals surface area contributed by atoms with Crippen molar-refractivity contribution in [2.45, 2.75) is 5.92 Å². The van der Waals surface area contributed by atoms with Gasteiger partial charge in [0.2, 0.25) is 0 Å². The standard InChI is InChI=1S/C12H9ClO2/c13-11(12(14)15)7-9-6-5-8-3-1-2-4-10(8)9/h1-7,9H,(H,14,15). The number of hydrogen-bond donors (Lipinski definition) is 1. The Kier molecular flexibility index (Phi) is 2.60. The number of aliphatic carboxylic acids is 1. The van der Waals surface area contributed by atoms with E-state index in [1.807, 2.05) is 36.4 Å². The highest BCUT2D eigenvalue weighted by atomic mass is 35.5. The van der Waals surface area contributed by atoms with Gasteiger partial charge >= 0.3 is 5.97 Å². The van der Waals surface area contributed by atoms with E-state index in [1.54, 1.807) is 6.08 Å². The van der Waals surface area contributed by atoms with Crippen molar-refractivity contribution in [3.63, 3.8) is 0 Å². The minimum Gasteiger partial charge on any atom is -0.477 e. The summed E-state index contributed by atoms with van der Waals surface area (Å²) in [4.78, 5) is 10.6. The number of rotatable bonds is 2. The normalized spacial score (nSPS) is 19.0. The smallest absolute Gasteiger partial charge is 0.347 e. The molecule has 1 N–H and O–H groups in total. The van der Waals surface area contributed by atoms with E-state index in [9.17, 15) is 4.79 Å². The van der Waals surface area contributed by atoms with E-state index in [2.05, 4.69) is 0 Å². The molecule has 0 amide bonds. The highest BCUT2D eigenvalue weighted by molar-refractivity contribution is 6.41. The van der Waals surface area contributed by atoms with Gasteiger partial charge in [0.05, 0.1) is 0 Å². The molecule has 0 spiro atoms. The predicted octanol–water partition coefficient (Wildman–Crippen LogP) is 3.00. The van der Waals surface area contributed by atoms with Crippen LogP contribution in [0.5, 0.6) is 0 Å². The lowest BCUT2D eigenvalue weighted by atomic mass is 10.0. The molecule has 2 nitrogen and oxygen atoms in total. The summed E-state index contributed by atoms with van der Waals surface area (Å²) in [6.45, 7) is 0. The Bertz CT molecular complexity index is 460.